The van der Waals surface area contributed by atoms with Crippen molar-refractivity contribution in [2.75, 3.05) is 19.6 Å². The van der Waals surface area contributed by atoms with Crippen molar-refractivity contribution in [1.29, 1.82) is 0 Å². The van der Waals surface area contributed by atoms with Gasteiger partial charge in [0.05, 0.1) is 0 Å². The van der Waals surface area contributed by atoms with E-state index in [9.17, 15) is 4.79 Å². The molecule has 90 valence electrons. The molecule has 3 unspecified atom stereocenters. The number of carbonyl (C=O) groups excluding carboxylic acids is 1. The molecular formula is C13H22N2O. The zero-order valence-electron chi connectivity index (χ0n) is 10.1. The number of rotatable bonds is 3. The second-order valence-electron chi connectivity index (χ2n) is 5.70. The van der Waals surface area contributed by atoms with Crippen molar-refractivity contribution < 1.29 is 4.79 Å². The van der Waals surface area contributed by atoms with Gasteiger partial charge in [0.15, 0.2) is 0 Å². The van der Waals surface area contributed by atoms with Crippen LogP contribution in [0.3, 0.4) is 0 Å². The van der Waals surface area contributed by atoms with E-state index in [0.29, 0.717) is 17.9 Å². The SMILES string of the molecule is CCN(C(=O)C1CC2CC2C1)C1CCNC1. The minimum Gasteiger partial charge on any atom is -0.338 e. The largest absolute Gasteiger partial charge is 0.338 e. The van der Waals surface area contributed by atoms with Crippen molar-refractivity contribution in [3.05, 3.63) is 0 Å². The lowest BCUT2D eigenvalue weighted by atomic mass is 10.0. The molecule has 1 amide bonds. The predicted octanol–water partition coefficient (Wildman–Crippen LogP) is 1.24. The topological polar surface area (TPSA) is 32.3 Å². The summed E-state index contributed by atoms with van der Waals surface area (Å²) in [7, 11) is 0. The van der Waals surface area contributed by atoms with Gasteiger partial charge in [-0.2, -0.15) is 0 Å². The molecule has 3 fully saturated rings. The Morgan fingerprint density at radius 3 is 2.62 bits per heavy atom. The average Bonchev–Trinajstić information content (AvgIpc) is 2.75. The Bertz CT molecular complexity index is 276. The van der Waals surface area contributed by atoms with E-state index in [1.165, 1.54) is 19.3 Å². The molecule has 0 spiro atoms. The molecular weight excluding hydrogens is 200 g/mol. The summed E-state index contributed by atoms with van der Waals surface area (Å²) in [5.41, 5.74) is 0. The first-order valence-electron chi connectivity index (χ1n) is 6.80. The smallest absolute Gasteiger partial charge is 0.225 e. The number of nitrogens with zero attached hydrogens (tertiary/aromatic N) is 1. The highest BCUT2D eigenvalue weighted by atomic mass is 16.2. The van der Waals surface area contributed by atoms with Crippen molar-refractivity contribution >= 4 is 5.91 Å². The molecule has 3 rings (SSSR count). The fraction of sp³-hybridized carbons (Fsp3) is 0.923. The molecule has 0 aromatic heterocycles. The number of fused-ring (bicyclic) bond motifs is 1. The summed E-state index contributed by atoms with van der Waals surface area (Å²) < 4.78 is 0. The molecule has 3 heteroatoms. The fourth-order valence-electron chi connectivity index (χ4n) is 3.65. The summed E-state index contributed by atoms with van der Waals surface area (Å²) in [4.78, 5) is 14.6. The molecule has 1 saturated heterocycles. The summed E-state index contributed by atoms with van der Waals surface area (Å²) in [5.74, 6) is 2.64. The minimum atomic E-state index is 0.365. The minimum absolute atomic E-state index is 0.365. The van der Waals surface area contributed by atoms with E-state index in [4.69, 9.17) is 0 Å². The van der Waals surface area contributed by atoms with Crippen molar-refractivity contribution in [2.45, 2.75) is 38.6 Å². The lowest BCUT2D eigenvalue weighted by molar-refractivity contribution is -0.137. The lowest BCUT2D eigenvalue weighted by Gasteiger charge is -2.30. The number of nitrogens with one attached hydrogen (secondary N) is 1. The van der Waals surface area contributed by atoms with Crippen molar-refractivity contribution in [2.24, 2.45) is 17.8 Å². The third-order valence-corrected chi connectivity index (χ3v) is 4.69. The van der Waals surface area contributed by atoms with Gasteiger partial charge in [0, 0.05) is 25.0 Å². The van der Waals surface area contributed by atoms with Crippen molar-refractivity contribution in [1.82, 2.24) is 10.2 Å². The van der Waals surface area contributed by atoms with Gasteiger partial charge in [-0.15, -0.1) is 0 Å². The maximum absolute atomic E-state index is 12.4. The van der Waals surface area contributed by atoms with Gasteiger partial charge in [-0.25, -0.2) is 0 Å². The molecule has 16 heavy (non-hydrogen) atoms. The standard InChI is InChI=1S/C13H22N2O/c1-2-15(12-3-4-14-8-12)13(16)11-6-9-5-10(9)7-11/h9-12,14H,2-8H2,1H3. The highest BCUT2D eigenvalue weighted by molar-refractivity contribution is 5.79. The van der Waals surface area contributed by atoms with Gasteiger partial charge in [-0.3, -0.25) is 4.79 Å². The zero-order valence-corrected chi connectivity index (χ0v) is 10.1. The molecule has 3 aliphatic rings. The summed E-state index contributed by atoms with van der Waals surface area (Å²) in [6, 6.07) is 0.467. The fourth-order valence-corrected chi connectivity index (χ4v) is 3.65. The Morgan fingerprint density at radius 2 is 2.06 bits per heavy atom. The first kappa shape index (κ1) is 10.6. The molecule has 1 aliphatic heterocycles. The monoisotopic (exact) mass is 222 g/mol. The molecule has 0 aromatic rings. The van der Waals surface area contributed by atoms with Crippen LogP contribution >= 0.6 is 0 Å². The lowest BCUT2D eigenvalue weighted by Crippen LogP contribution is -2.44. The van der Waals surface area contributed by atoms with Gasteiger partial charge in [-0.1, -0.05) is 0 Å². The van der Waals surface area contributed by atoms with Crippen LogP contribution in [-0.2, 0) is 4.79 Å². The maximum atomic E-state index is 12.4. The Kier molecular flexibility index (Phi) is 2.66. The molecule has 3 nitrogen and oxygen atoms in total. The van der Waals surface area contributed by atoms with Crippen molar-refractivity contribution in [3.63, 3.8) is 0 Å². The molecule has 0 aromatic carbocycles. The molecule has 1 heterocycles. The molecule has 0 bridgehead atoms. The first-order chi connectivity index (χ1) is 7.79. The molecule has 3 atom stereocenters. The van der Waals surface area contributed by atoms with E-state index in [1.807, 2.05) is 0 Å². The van der Waals surface area contributed by atoms with E-state index in [0.717, 1.165) is 37.9 Å². The van der Waals surface area contributed by atoms with E-state index in [2.05, 4.69) is 17.1 Å². The first-order valence-corrected chi connectivity index (χ1v) is 6.80. The van der Waals surface area contributed by atoms with E-state index < -0.39 is 0 Å². The third-order valence-electron chi connectivity index (χ3n) is 4.69. The van der Waals surface area contributed by atoms with Crippen LogP contribution in [0.2, 0.25) is 0 Å². The highest BCUT2D eigenvalue weighted by Gasteiger charge is 2.49. The summed E-state index contributed by atoms with van der Waals surface area (Å²) in [6.07, 6.45) is 4.90. The van der Waals surface area contributed by atoms with E-state index in [1.54, 1.807) is 0 Å². The Morgan fingerprint density at radius 1 is 1.31 bits per heavy atom. The Hall–Kier alpha value is -0.570. The van der Waals surface area contributed by atoms with Crippen LogP contribution in [0.25, 0.3) is 0 Å². The van der Waals surface area contributed by atoms with Crippen LogP contribution in [0.1, 0.15) is 32.6 Å². The van der Waals surface area contributed by atoms with Crippen LogP contribution in [0.5, 0.6) is 0 Å². The molecule has 0 radical (unpaired) electrons. The van der Waals surface area contributed by atoms with Crippen LogP contribution in [0, 0.1) is 17.8 Å². The van der Waals surface area contributed by atoms with Gasteiger partial charge >= 0.3 is 0 Å². The Labute approximate surface area is 97.6 Å². The quantitative estimate of drug-likeness (QED) is 0.779. The maximum Gasteiger partial charge on any atom is 0.225 e. The van der Waals surface area contributed by atoms with Gasteiger partial charge in [-0.05, 0) is 51.0 Å². The number of amides is 1. The Balaban J connectivity index is 1.62. The second-order valence-corrected chi connectivity index (χ2v) is 5.70. The van der Waals surface area contributed by atoms with Crippen molar-refractivity contribution in [3.8, 4) is 0 Å². The van der Waals surface area contributed by atoms with Gasteiger partial charge in [0.25, 0.3) is 0 Å². The summed E-state index contributed by atoms with van der Waals surface area (Å²) in [5, 5.41) is 3.36. The molecule has 2 saturated carbocycles. The van der Waals surface area contributed by atoms with E-state index in [-0.39, 0.29) is 0 Å². The second kappa shape index (κ2) is 4.02. The van der Waals surface area contributed by atoms with Crippen LogP contribution in [0.15, 0.2) is 0 Å². The van der Waals surface area contributed by atoms with Crippen LogP contribution in [-0.4, -0.2) is 36.5 Å². The number of carbonyl (C=O) groups is 1. The molecule has 2 aliphatic carbocycles. The zero-order chi connectivity index (χ0) is 11.1. The third kappa shape index (κ3) is 1.75. The number of hydrogen-bond donors (Lipinski definition) is 1. The van der Waals surface area contributed by atoms with Gasteiger partial charge in [0.1, 0.15) is 0 Å². The normalized spacial score (nSPS) is 40.8. The van der Waals surface area contributed by atoms with Crippen LogP contribution < -0.4 is 5.32 Å². The molecule has 1 N–H and O–H groups in total. The summed E-state index contributed by atoms with van der Waals surface area (Å²) in [6.45, 7) is 5.08. The van der Waals surface area contributed by atoms with Gasteiger partial charge < -0.3 is 10.2 Å². The van der Waals surface area contributed by atoms with E-state index >= 15 is 0 Å². The summed E-state index contributed by atoms with van der Waals surface area (Å²) >= 11 is 0. The highest BCUT2D eigenvalue weighted by Crippen LogP contribution is 2.54. The number of hydrogen-bond acceptors (Lipinski definition) is 2. The number of likely N-dealkylation sites (N-methyl/N-ethyl adjacent to an activating group) is 1. The predicted molar refractivity (Wildman–Crippen MR) is 63.0 cm³/mol. The van der Waals surface area contributed by atoms with Gasteiger partial charge in [0.2, 0.25) is 5.91 Å². The average molecular weight is 222 g/mol. The van der Waals surface area contributed by atoms with Crippen LogP contribution in [0.4, 0.5) is 0 Å².